The van der Waals surface area contributed by atoms with Gasteiger partial charge >= 0.3 is 6.03 Å². The van der Waals surface area contributed by atoms with Gasteiger partial charge in [-0.2, -0.15) is 0 Å². The van der Waals surface area contributed by atoms with Crippen molar-refractivity contribution in [2.75, 3.05) is 15.5 Å². The van der Waals surface area contributed by atoms with Crippen LogP contribution in [0.15, 0.2) is 42.5 Å². The standard InChI is InChI=1S/C17H15F2N3O2/c1-10-8-16(23)20-14-4-2-3-5-15(14)22(10)17(24)21-13-7-6-11(18)9-12(13)19/h2-7,9-10H,8H2,1H3,(H,20,23)(H,21,24)/t10-/m1/s1. The summed E-state index contributed by atoms with van der Waals surface area (Å²) in [6.45, 7) is 1.72. The molecule has 3 rings (SSSR count). The Hall–Kier alpha value is -2.96. The molecule has 5 nitrogen and oxygen atoms in total. The summed E-state index contributed by atoms with van der Waals surface area (Å²) in [5.74, 6) is -1.81. The molecule has 3 amide bonds. The van der Waals surface area contributed by atoms with Gasteiger partial charge in [0.25, 0.3) is 0 Å². The normalized spacial score (nSPS) is 16.9. The number of amides is 3. The lowest BCUT2D eigenvalue weighted by molar-refractivity contribution is -0.116. The van der Waals surface area contributed by atoms with Crippen molar-refractivity contribution in [1.82, 2.24) is 0 Å². The fraction of sp³-hybridized carbons (Fsp3) is 0.176. The number of halogens is 2. The molecule has 1 heterocycles. The first-order valence-electron chi connectivity index (χ1n) is 7.40. The van der Waals surface area contributed by atoms with Crippen molar-refractivity contribution in [2.45, 2.75) is 19.4 Å². The zero-order valence-corrected chi connectivity index (χ0v) is 12.8. The number of benzene rings is 2. The lowest BCUT2D eigenvalue weighted by Crippen LogP contribution is -2.42. The topological polar surface area (TPSA) is 61.4 Å². The number of nitrogens with zero attached hydrogens (tertiary/aromatic N) is 1. The molecule has 0 unspecified atom stereocenters. The molecule has 0 fully saturated rings. The maximum absolute atomic E-state index is 13.8. The number of para-hydroxylation sites is 2. The number of fused-ring (bicyclic) bond motifs is 1. The molecule has 0 aliphatic carbocycles. The Morgan fingerprint density at radius 1 is 1.25 bits per heavy atom. The Balaban J connectivity index is 1.94. The molecule has 2 N–H and O–H groups in total. The maximum atomic E-state index is 13.8. The Bertz CT molecular complexity index is 810. The molecule has 2 aromatic carbocycles. The summed E-state index contributed by atoms with van der Waals surface area (Å²) in [6.07, 6.45) is 0.105. The lowest BCUT2D eigenvalue weighted by atomic mass is 10.2. The van der Waals surface area contributed by atoms with Crippen LogP contribution in [-0.4, -0.2) is 18.0 Å². The number of rotatable bonds is 1. The van der Waals surface area contributed by atoms with E-state index in [-0.39, 0.29) is 18.0 Å². The monoisotopic (exact) mass is 331 g/mol. The number of carbonyl (C=O) groups excluding carboxylic acids is 2. The number of nitrogens with one attached hydrogen (secondary N) is 2. The molecule has 7 heteroatoms. The average Bonchev–Trinajstić information content (AvgIpc) is 2.64. The first-order valence-corrected chi connectivity index (χ1v) is 7.40. The summed E-state index contributed by atoms with van der Waals surface area (Å²) in [4.78, 5) is 25.9. The second-order valence-corrected chi connectivity index (χ2v) is 5.54. The van der Waals surface area contributed by atoms with Crippen molar-refractivity contribution in [2.24, 2.45) is 0 Å². The van der Waals surface area contributed by atoms with Gasteiger partial charge in [0.1, 0.15) is 11.6 Å². The zero-order valence-electron chi connectivity index (χ0n) is 12.8. The molecule has 0 saturated heterocycles. The molecule has 1 aliphatic rings. The SMILES string of the molecule is C[C@@H]1CC(=O)Nc2ccccc2N1C(=O)Nc1ccc(F)cc1F. The second kappa shape index (κ2) is 6.27. The maximum Gasteiger partial charge on any atom is 0.326 e. The van der Waals surface area contributed by atoms with Crippen LogP contribution >= 0.6 is 0 Å². The molecule has 0 radical (unpaired) electrons. The van der Waals surface area contributed by atoms with Crippen molar-refractivity contribution >= 4 is 29.0 Å². The van der Waals surface area contributed by atoms with Crippen LogP contribution in [0.4, 0.5) is 30.6 Å². The van der Waals surface area contributed by atoms with Crippen molar-refractivity contribution in [3.05, 3.63) is 54.1 Å². The highest BCUT2D eigenvalue weighted by Gasteiger charge is 2.30. The van der Waals surface area contributed by atoms with Crippen LogP contribution in [0.1, 0.15) is 13.3 Å². The van der Waals surface area contributed by atoms with Gasteiger partial charge in [-0.15, -0.1) is 0 Å². The highest BCUT2D eigenvalue weighted by atomic mass is 19.1. The van der Waals surface area contributed by atoms with Crippen molar-refractivity contribution in [3.63, 3.8) is 0 Å². The van der Waals surface area contributed by atoms with E-state index in [1.807, 2.05) is 0 Å². The highest BCUT2D eigenvalue weighted by Crippen LogP contribution is 2.31. The van der Waals surface area contributed by atoms with Crippen molar-refractivity contribution in [1.29, 1.82) is 0 Å². The van der Waals surface area contributed by atoms with Crippen LogP contribution in [0.25, 0.3) is 0 Å². The van der Waals surface area contributed by atoms with Gasteiger partial charge in [0, 0.05) is 18.5 Å². The fourth-order valence-electron chi connectivity index (χ4n) is 2.66. The Morgan fingerprint density at radius 2 is 2.00 bits per heavy atom. The minimum Gasteiger partial charge on any atom is -0.324 e. The molecule has 124 valence electrons. The number of urea groups is 1. The van der Waals surface area contributed by atoms with Gasteiger partial charge in [-0.05, 0) is 31.2 Å². The molecule has 0 aromatic heterocycles. The number of hydrogen-bond donors (Lipinski definition) is 2. The fourth-order valence-corrected chi connectivity index (χ4v) is 2.66. The molecule has 0 bridgehead atoms. The smallest absolute Gasteiger partial charge is 0.324 e. The molecule has 24 heavy (non-hydrogen) atoms. The van der Waals surface area contributed by atoms with Gasteiger partial charge in [-0.25, -0.2) is 13.6 Å². The van der Waals surface area contributed by atoms with Crippen LogP contribution < -0.4 is 15.5 Å². The summed E-state index contributed by atoms with van der Waals surface area (Å²) in [5, 5.41) is 5.16. The van der Waals surface area contributed by atoms with E-state index in [0.29, 0.717) is 17.4 Å². The van der Waals surface area contributed by atoms with Crippen LogP contribution in [0.2, 0.25) is 0 Å². The average molecular weight is 331 g/mol. The van der Waals surface area contributed by atoms with Gasteiger partial charge in [-0.1, -0.05) is 12.1 Å². The molecular formula is C17H15F2N3O2. The molecule has 1 aliphatic heterocycles. The van der Waals surface area contributed by atoms with Gasteiger partial charge in [0.15, 0.2) is 0 Å². The molecule has 1 atom stereocenters. The Morgan fingerprint density at radius 3 is 2.75 bits per heavy atom. The third-order valence-corrected chi connectivity index (χ3v) is 3.75. The van der Waals surface area contributed by atoms with Gasteiger partial charge in [0.2, 0.25) is 5.91 Å². The van der Waals surface area contributed by atoms with E-state index in [4.69, 9.17) is 0 Å². The Kier molecular flexibility index (Phi) is 4.16. The zero-order chi connectivity index (χ0) is 17.3. The van der Waals surface area contributed by atoms with E-state index in [9.17, 15) is 18.4 Å². The molecular weight excluding hydrogens is 316 g/mol. The first kappa shape index (κ1) is 15.9. The number of carbonyl (C=O) groups is 2. The predicted octanol–water partition coefficient (Wildman–Crippen LogP) is 3.73. The van der Waals surface area contributed by atoms with Crippen molar-refractivity contribution < 1.29 is 18.4 Å². The van der Waals surface area contributed by atoms with E-state index in [1.54, 1.807) is 31.2 Å². The molecule has 2 aromatic rings. The van der Waals surface area contributed by atoms with Crippen LogP contribution in [0, 0.1) is 11.6 Å². The van der Waals surface area contributed by atoms with Gasteiger partial charge in [0.05, 0.1) is 17.1 Å². The summed E-state index contributed by atoms with van der Waals surface area (Å²) in [7, 11) is 0. The third-order valence-electron chi connectivity index (χ3n) is 3.75. The summed E-state index contributed by atoms with van der Waals surface area (Å²) >= 11 is 0. The number of hydrogen-bond acceptors (Lipinski definition) is 2. The van der Waals surface area contributed by atoms with E-state index in [1.165, 1.54) is 4.90 Å². The van der Waals surface area contributed by atoms with Crippen LogP contribution in [0.3, 0.4) is 0 Å². The summed E-state index contributed by atoms with van der Waals surface area (Å²) in [6, 6.07) is 8.73. The van der Waals surface area contributed by atoms with E-state index in [2.05, 4.69) is 10.6 Å². The van der Waals surface area contributed by atoms with E-state index >= 15 is 0 Å². The third kappa shape index (κ3) is 3.05. The second-order valence-electron chi connectivity index (χ2n) is 5.54. The lowest BCUT2D eigenvalue weighted by Gasteiger charge is -2.28. The highest BCUT2D eigenvalue weighted by molar-refractivity contribution is 6.08. The largest absolute Gasteiger partial charge is 0.326 e. The molecule has 0 spiro atoms. The first-order chi connectivity index (χ1) is 11.5. The van der Waals surface area contributed by atoms with E-state index in [0.717, 1.165) is 12.1 Å². The molecule has 0 saturated carbocycles. The minimum absolute atomic E-state index is 0.105. The summed E-state index contributed by atoms with van der Waals surface area (Å²) < 4.78 is 26.8. The van der Waals surface area contributed by atoms with Gasteiger partial charge < -0.3 is 10.6 Å². The quantitative estimate of drug-likeness (QED) is 0.836. The Labute approximate surface area is 137 Å². The number of anilines is 3. The van der Waals surface area contributed by atoms with Crippen LogP contribution in [0.5, 0.6) is 0 Å². The predicted molar refractivity (Wildman–Crippen MR) is 87.0 cm³/mol. The van der Waals surface area contributed by atoms with Gasteiger partial charge in [-0.3, -0.25) is 9.69 Å². The summed E-state index contributed by atoms with van der Waals surface area (Å²) in [5.41, 5.74) is 0.882. The van der Waals surface area contributed by atoms with Crippen LogP contribution in [-0.2, 0) is 4.79 Å². The van der Waals surface area contributed by atoms with E-state index < -0.39 is 23.7 Å². The minimum atomic E-state index is -0.867. The van der Waals surface area contributed by atoms with Crippen molar-refractivity contribution in [3.8, 4) is 0 Å².